The molecule has 2 rings (SSSR count). The first-order valence-corrected chi connectivity index (χ1v) is 7.23. The third-order valence-electron chi connectivity index (χ3n) is 3.11. The number of anilines is 1. The first-order chi connectivity index (χ1) is 10.7. The highest BCUT2D eigenvalue weighted by molar-refractivity contribution is 6.31. The number of hydrogen-bond acceptors (Lipinski definition) is 2. The van der Waals surface area contributed by atoms with Gasteiger partial charge in [-0.15, -0.1) is 0 Å². The smallest absolute Gasteiger partial charge is 0.326 e. The van der Waals surface area contributed by atoms with Crippen molar-refractivity contribution in [2.45, 2.75) is 19.0 Å². The Morgan fingerprint density at radius 2 is 1.83 bits per heavy atom. The minimum Gasteiger partial charge on any atom is -0.326 e. The molecule has 0 saturated heterocycles. The van der Waals surface area contributed by atoms with Gasteiger partial charge in [-0.25, -0.2) is 0 Å². The fraction of sp³-hybridized carbons (Fsp3) is 0.200. The molecule has 1 N–H and O–H groups in total. The van der Waals surface area contributed by atoms with Crippen molar-refractivity contribution in [2.75, 3.05) is 5.32 Å². The molecule has 0 aliphatic heterocycles. The van der Waals surface area contributed by atoms with Gasteiger partial charge in [0.25, 0.3) is 0 Å². The van der Waals surface area contributed by atoms with Crippen molar-refractivity contribution in [2.24, 2.45) is 0 Å². The molecule has 0 radical (unpaired) electrons. The number of benzene rings is 1. The van der Waals surface area contributed by atoms with E-state index in [-0.39, 0.29) is 10.7 Å². The van der Waals surface area contributed by atoms with Crippen molar-refractivity contribution in [3.05, 3.63) is 57.8 Å². The summed E-state index contributed by atoms with van der Waals surface area (Å²) in [6, 6.07) is 7.18. The standard InChI is InChI=1S/C15H11Cl2F3N2O/c1-8(14(23)22-11-4-2-10(16)3-5-11)13-12(17)6-9(7-21-13)15(18,19)20/h2-8H,1H3,(H,22,23)/t8-/m1/s1. The Balaban J connectivity index is 2.17. The minimum absolute atomic E-state index is 0.0751. The number of aromatic nitrogens is 1. The van der Waals surface area contributed by atoms with Gasteiger partial charge in [-0.2, -0.15) is 13.2 Å². The van der Waals surface area contributed by atoms with Gasteiger partial charge in [-0.05, 0) is 37.3 Å². The number of halogens is 5. The maximum atomic E-state index is 12.6. The summed E-state index contributed by atoms with van der Waals surface area (Å²) < 4.78 is 37.8. The van der Waals surface area contributed by atoms with Gasteiger partial charge in [0.05, 0.1) is 22.2 Å². The molecule has 0 fully saturated rings. The Morgan fingerprint density at radius 3 is 2.35 bits per heavy atom. The monoisotopic (exact) mass is 362 g/mol. The molecule has 1 atom stereocenters. The second-order valence-electron chi connectivity index (χ2n) is 4.81. The molecule has 0 aliphatic carbocycles. The van der Waals surface area contributed by atoms with Gasteiger partial charge < -0.3 is 5.32 Å². The normalized spacial score (nSPS) is 12.8. The average Bonchev–Trinajstić information content (AvgIpc) is 2.48. The SMILES string of the molecule is C[C@@H](C(=O)Nc1ccc(Cl)cc1)c1ncc(C(F)(F)F)cc1Cl. The van der Waals surface area contributed by atoms with Crippen LogP contribution in [0.1, 0.15) is 24.1 Å². The maximum absolute atomic E-state index is 12.6. The van der Waals surface area contributed by atoms with Crippen LogP contribution in [0.4, 0.5) is 18.9 Å². The van der Waals surface area contributed by atoms with E-state index in [1.807, 2.05) is 0 Å². The molecule has 8 heteroatoms. The summed E-state index contributed by atoms with van der Waals surface area (Å²) in [5.41, 5.74) is -0.378. The lowest BCUT2D eigenvalue weighted by Gasteiger charge is -2.14. The van der Waals surface area contributed by atoms with Crippen LogP contribution in [0.2, 0.25) is 10.0 Å². The summed E-state index contributed by atoms with van der Waals surface area (Å²) in [5.74, 6) is -1.26. The van der Waals surface area contributed by atoms with E-state index in [4.69, 9.17) is 23.2 Å². The number of carbonyl (C=O) groups is 1. The molecule has 1 aromatic heterocycles. The third kappa shape index (κ3) is 4.36. The van der Waals surface area contributed by atoms with E-state index in [9.17, 15) is 18.0 Å². The first kappa shape index (κ1) is 17.6. The fourth-order valence-electron chi connectivity index (χ4n) is 1.83. The topological polar surface area (TPSA) is 42.0 Å². The van der Waals surface area contributed by atoms with Crippen molar-refractivity contribution < 1.29 is 18.0 Å². The van der Waals surface area contributed by atoms with E-state index in [1.165, 1.54) is 6.92 Å². The Bertz CT molecular complexity index is 718. The number of nitrogens with zero attached hydrogens (tertiary/aromatic N) is 1. The van der Waals surface area contributed by atoms with Crippen LogP contribution in [-0.2, 0) is 11.0 Å². The Labute approximate surface area is 140 Å². The highest BCUT2D eigenvalue weighted by Crippen LogP contribution is 2.33. The van der Waals surface area contributed by atoms with Crippen LogP contribution in [0.25, 0.3) is 0 Å². The fourth-order valence-corrected chi connectivity index (χ4v) is 2.29. The lowest BCUT2D eigenvalue weighted by molar-refractivity contribution is -0.137. The quantitative estimate of drug-likeness (QED) is 0.820. The minimum atomic E-state index is -4.54. The molecule has 0 spiro atoms. The summed E-state index contributed by atoms with van der Waals surface area (Å²) in [4.78, 5) is 15.9. The van der Waals surface area contributed by atoms with Crippen molar-refractivity contribution in [1.29, 1.82) is 0 Å². The predicted molar refractivity (Wildman–Crippen MR) is 82.7 cm³/mol. The highest BCUT2D eigenvalue weighted by atomic mass is 35.5. The van der Waals surface area contributed by atoms with E-state index in [0.29, 0.717) is 16.9 Å². The molecule has 1 amide bonds. The zero-order chi connectivity index (χ0) is 17.2. The number of amides is 1. The van der Waals surface area contributed by atoms with Crippen LogP contribution >= 0.6 is 23.2 Å². The lowest BCUT2D eigenvalue weighted by atomic mass is 10.1. The maximum Gasteiger partial charge on any atom is 0.417 e. The van der Waals surface area contributed by atoms with E-state index < -0.39 is 23.6 Å². The third-order valence-corrected chi connectivity index (χ3v) is 3.67. The summed E-state index contributed by atoms with van der Waals surface area (Å²) in [6.45, 7) is 1.51. The van der Waals surface area contributed by atoms with Crippen LogP contribution in [0, 0.1) is 0 Å². The van der Waals surface area contributed by atoms with Gasteiger partial charge in [0.1, 0.15) is 0 Å². The second kappa shape index (κ2) is 6.76. The molecule has 2 aromatic rings. The summed E-state index contributed by atoms with van der Waals surface area (Å²) in [7, 11) is 0. The molecule has 23 heavy (non-hydrogen) atoms. The van der Waals surface area contributed by atoms with Gasteiger partial charge in [0.2, 0.25) is 5.91 Å². The van der Waals surface area contributed by atoms with Crippen LogP contribution in [-0.4, -0.2) is 10.9 Å². The molecule has 3 nitrogen and oxygen atoms in total. The van der Waals surface area contributed by atoms with Gasteiger partial charge in [-0.1, -0.05) is 23.2 Å². The number of carbonyl (C=O) groups excluding carboxylic acids is 1. The van der Waals surface area contributed by atoms with Crippen molar-refractivity contribution >= 4 is 34.8 Å². The van der Waals surface area contributed by atoms with Crippen LogP contribution < -0.4 is 5.32 Å². The van der Waals surface area contributed by atoms with Gasteiger partial charge in [-0.3, -0.25) is 9.78 Å². The van der Waals surface area contributed by atoms with Crippen molar-refractivity contribution in [1.82, 2.24) is 4.98 Å². The van der Waals surface area contributed by atoms with Crippen LogP contribution in [0.5, 0.6) is 0 Å². The number of alkyl halides is 3. The second-order valence-corrected chi connectivity index (χ2v) is 5.65. The van der Waals surface area contributed by atoms with E-state index in [2.05, 4.69) is 10.3 Å². The molecule has 0 unspecified atom stereocenters. The average molecular weight is 363 g/mol. The van der Waals surface area contributed by atoms with Crippen molar-refractivity contribution in [3.8, 4) is 0 Å². The van der Waals surface area contributed by atoms with Gasteiger partial charge >= 0.3 is 6.18 Å². The lowest BCUT2D eigenvalue weighted by Crippen LogP contribution is -2.20. The number of pyridine rings is 1. The molecule has 0 bridgehead atoms. The van der Waals surface area contributed by atoms with Crippen molar-refractivity contribution in [3.63, 3.8) is 0 Å². The molecular weight excluding hydrogens is 352 g/mol. The summed E-state index contributed by atoms with van der Waals surface area (Å²) >= 11 is 11.6. The molecular formula is C15H11Cl2F3N2O. The van der Waals surface area contributed by atoms with E-state index in [0.717, 1.165) is 6.07 Å². The zero-order valence-electron chi connectivity index (χ0n) is 11.8. The molecule has 0 aliphatic rings. The molecule has 0 saturated carbocycles. The Morgan fingerprint density at radius 1 is 1.22 bits per heavy atom. The zero-order valence-corrected chi connectivity index (χ0v) is 13.3. The Kier molecular flexibility index (Phi) is 5.16. The first-order valence-electron chi connectivity index (χ1n) is 6.47. The molecule has 122 valence electrons. The largest absolute Gasteiger partial charge is 0.417 e. The Hall–Kier alpha value is -1.79. The van der Waals surface area contributed by atoms with E-state index >= 15 is 0 Å². The van der Waals surface area contributed by atoms with Gasteiger partial charge in [0, 0.05) is 16.9 Å². The molecule has 1 aromatic carbocycles. The summed E-state index contributed by atoms with van der Waals surface area (Å²) in [5, 5.41) is 2.93. The number of nitrogens with one attached hydrogen (secondary N) is 1. The van der Waals surface area contributed by atoms with Crippen LogP contribution in [0.3, 0.4) is 0 Å². The number of hydrogen-bond donors (Lipinski definition) is 1. The highest BCUT2D eigenvalue weighted by Gasteiger charge is 2.32. The van der Waals surface area contributed by atoms with Crippen LogP contribution in [0.15, 0.2) is 36.5 Å². The van der Waals surface area contributed by atoms with E-state index in [1.54, 1.807) is 24.3 Å². The molecule has 1 heterocycles. The summed E-state index contributed by atoms with van der Waals surface area (Å²) in [6.07, 6.45) is -3.88. The number of rotatable bonds is 3. The van der Waals surface area contributed by atoms with Gasteiger partial charge in [0.15, 0.2) is 0 Å². The predicted octanol–water partition coefficient (Wildman–Crippen LogP) is 5.15.